The van der Waals surface area contributed by atoms with Gasteiger partial charge in [-0.15, -0.1) is 0 Å². The lowest BCUT2D eigenvalue weighted by Crippen LogP contribution is -1.88. The molecule has 0 fully saturated rings. The van der Waals surface area contributed by atoms with Crippen LogP contribution >= 0.6 is 11.6 Å². The molecule has 26 heavy (non-hydrogen) atoms. The van der Waals surface area contributed by atoms with Gasteiger partial charge in [-0.3, -0.25) is 0 Å². The maximum Gasteiger partial charge on any atom is 0.142 e. The summed E-state index contributed by atoms with van der Waals surface area (Å²) < 4.78 is 28.3. The second-order valence-electron chi connectivity index (χ2n) is 6.39. The SMILES string of the molecule is Cc1ccc2cc(-c3ccc(-c4ccc(Cl)c(F)c4)c(F)c3)ccc2c1. The van der Waals surface area contributed by atoms with Gasteiger partial charge in [0.15, 0.2) is 0 Å². The minimum Gasteiger partial charge on any atom is -0.206 e. The Balaban J connectivity index is 1.75. The summed E-state index contributed by atoms with van der Waals surface area (Å²) in [5, 5.41) is 2.29. The number of fused-ring (bicyclic) bond motifs is 1. The van der Waals surface area contributed by atoms with Crippen LogP contribution in [0.4, 0.5) is 8.78 Å². The Morgan fingerprint density at radius 1 is 0.615 bits per heavy atom. The molecule has 0 nitrogen and oxygen atoms in total. The molecule has 0 heterocycles. The largest absolute Gasteiger partial charge is 0.206 e. The maximum absolute atomic E-state index is 14.7. The summed E-state index contributed by atoms with van der Waals surface area (Å²) in [6.07, 6.45) is 0. The molecule has 0 saturated carbocycles. The van der Waals surface area contributed by atoms with Crippen LogP contribution in [0.2, 0.25) is 5.02 Å². The molecule has 0 aliphatic carbocycles. The van der Waals surface area contributed by atoms with Crippen molar-refractivity contribution in [2.24, 2.45) is 0 Å². The molecule has 0 aliphatic rings. The first kappa shape index (κ1) is 16.7. The second-order valence-corrected chi connectivity index (χ2v) is 6.80. The van der Waals surface area contributed by atoms with Gasteiger partial charge in [-0.1, -0.05) is 65.7 Å². The molecule has 0 bridgehead atoms. The van der Waals surface area contributed by atoms with Crippen LogP contribution in [0, 0.1) is 18.6 Å². The van der Waals surface area contributed by atoms with E-state index < -0.39 is 11.6 Å². The Bertz CT molecular complexity index is 1130. The number of hydrogen-bond donors (Lipinski definition) is 0. The molecule has 4 aromatic carbocycles. The van der Waals surface area contributed by atoms with Crippen molar-refractivity contribution >= 4 is 22.4 Å². The van der Waals surface area contributed by atoms with Crippen molar-refractivity contribution in [3.63, 3.8) is 0 Å². The zero-order chi connectivity index (χ0) is 18.3. The topological polar surface area (TPSA) is 0 Å². The molecule has 0 saturated heterocycles. The average molecular weight is 365 g/mol. The number of aryl methyl sites for hydroxylation is 1. The Labute approximate surface area is 155 Å². The van der Waals surface area contributed by atoms with Crippen molar-refractivity contribution in [2.75, 3.05) is 0 Å². The fourth-order valence-corrected chi connectivity index (χ4v) is 3.25. The van der Waals surface area contributed by atoms with E-state index >= 15 is 0 Å². The van der Waals surface area contributed by atoms with Gasteiger partial charge in [0, 0.05) is 5.56 Å². The smallest absolute Gasteiger partial charge is 0.142 e. The fraction of sp³-hybridized carbons (Fsp3) is 0.0435. The molecule has 4 aromatic rings. The molecule has 0 radical (unpaired) electrons. The van der Waals surface area contributed by atoms with Gasteiger partial charge in [0.05, 0.1) is 5.02 Å². The molecule has 0 unspecified atom stereocenters. The van der Waals surface area contributed by atoms with Crippen LogP contribution in [0.25, 0.3) is 33.0 Å². The predicted octanol–water partition coefficient (Wildman–Crippen LogP) is 7.41. The molecule has 128 valence electrons. The van der Waals surface area contributed by atoms with E-state index in [1.807, 2.05) is 24.3 Å². The van der Waals surface area contributed by atoms with Gasteiger partial charge in [-0.2, -0.15) is 0 Å². The minimum absolute atomic E-state index is 0.0252. The van der Waals surface area contributed by atoms with Gasteiger partial charge in [-0.25, -0.2) is 8.78 Å². The minimum atomic E-state index is -0.558. The Hall–Kier alpha value is -2.71. The van der Waals surface area contributed by atoms with Gasteiger partial charge < -0.3 is 0 Å². The first-order chi connectivity index (χ1) is 12.5. The van der Waals surface area contributed by atoms with Crippen LogP contribution in [0.3, 0.4) is 0 Å². The van der Waals surface area contributed by atoms with E-state index in [-0.39, 0.29) is 5.02 Å². The lowest BCUT2D eigenvalue weighted by atomic mass is 9.97. The summed E-state index contributed by atoms with van der Waals surface area (Å²) in [6.45, 7) is 2.06. The van der Waals surface area contributed by atoms with Crippen LogP contribution in [0.5, 0.6) is 0 Å². The maximum atomic E-state index is 14.7. The van der Waals surface area contributed by atoms with Crippen LogP contribution in [0.1, 0.15) is 5.56 Å². The Kier molecular flexibility index (Phi) is 4.21. The summed E-state index contributed by atoms with van der Waals surface area (Å²) in [5.74, 6) is -0.953. The highest BCUT2D eigenvalue weighted by Crippen LogP contribution is 2.31. The third-order valence-electron chi connectivity index (χ3n) is 4.53. The van der Waals surface area contributed by atoms with Crippen molar-refractivity contribution < 1.29 is 8.78 Å². The monoisotopic (exact) mass is 364 g/mol. The molecule has 0 aromatic heterocycles. The van der Waals surface area contributed by atoms with E-state index in [2.05, 4.69) is 25.1 Å². The third-order valence-corrected chi connectivity index (χ3v) is 4.84. The van der Waals surface area contributed by atoms with Crippen LogP contribution in [0.15, 0.2) is 72.8 Å². The van der Waals surface area contributed by atoms with E-state index in [0.29, 0.717) is 11.1 Å². The highest BCUT2D eigenvalue weighted by molar-refractivity contribution is 6.30. The van der Waals surface area contributed by atoms with Gasteiger partial charge >= 0.3 is 0 Å². The molecular formula is C23H15ClF2. The van der Waals surface area contributed by atoms with Gasteiger partial charge in [-0.05, 0) is 58.7 Å². The zero-order valence-electron chi connectivity index (χ0n) is 14.1. The molecule has 0 spiro atoms. The van der Waals surface area contributed by atoms with E-state index in [0.717, 1.165) is 21.9 Å². The van der Waals surface area contributed by atoms with E-state index in [4.69, 9.17) is 11.6 Å². The fourth-order valence-electron chi connectivity index (χ4n) is 3.14. The second kappa shape index (κ2) is 6.54. The standard InChI is InChI=1S/C23H15ClF2/c1-14-2-3-16-11-17(5-4-15(16)10-14)18-6-8-20(22(25)12-18)19-7-9-21(24)23(26)13-19/h2-13H,1H3. The predicted molar refractivity (Wildman–Crippen MR) is 104 cm³/mol. The molecule has 0 amide bonds. The molecule has 3 heteroatoms. The van der Waals surface area contributed by atoms with Crippen molar-refractivity contribution in [3.8, 4) is 22.3 Å². The van der Waals surface area contributed by atoms with Crippen molar-refractivity contribution in [2.45, 2.75) is 6.92 Å². The lowest BCUT2D eigenvalue weighted by molar-refractivity contribution is 0.625. The van der Waals surface area contributed by atoms with Gasteiger partial charge in [0.2, 0.25) is 0 Å². The highest BCUT2D eigenvalue weighted by atomic mass is 35.5. The number of hydrogen-bond acceptors (Lipinski definition) is 0. The highest BCUT2D eigenvalue weighted by Gasteiger charge is 2.10. The average Bonchev–Trinajstić information content (AvgIpc) is 2.63. The third kappa shape index (κ3) is 3.09. The van der Waals surface area contributed by atoms with E-state index in [1.54, 1.807) is 12.1 Å². The lowest BCUT2D eigenvalue weighted by Gasteiger charge is -2.09. The zero-order valence-corrected chi connectivity index (χ0v) is 14.8. The van der Waals surface area contributed by atoms with Gasteiger partial charge in [0.25, 0.3) is 0 Å². The number of halogens is 3. The van der Waals surface area contributed by atoms with E-state index in [9.17, 15) is 8.78 Å². The summed E-state index contributed by atoms with van der Waals surface area (Å²) >= 11 is 5.70. The van der Waals surface area contributed by atoms with Crippen LogP contribution in [-0.2, 0) is 0 Å². The quantitative estimate of drug-likeness (QED) is 0.347. The summed E-state index contributed by atoms with van der Waals surface area (Å²) in [4.78, 5) is 0. The summed E-state index contributed by atoms with van der Waals surface area (Å²) in [5.41, 5.74) is 3.73. The van der Waals surface area contributed by atoms with Crippen molar-refractivity contribution in [1.82, 2.24) is 0 Å². The Morgan fingerprint density at radius 2 is 1.23 bits per heavy atom. The molecule has 0 atom stereocenters. The molecule has 0 N–H and O–H groups in total. The molecule has 4 rings (SSSR count). The molecular weight excluding hydrogens is 350 g/mol. The normalized spacial score (nSPS) is 11.1. The first-order valence-corrected chi connectivity index (χ1v) is 8.65. The van der Waals surface area contributed by atoms with E-state index in [1.165, 1.54) is 23.8 Å². The van der Waals surface area contributed by atoms with Crippen LogP contribution < -0.4 is 0 Å². The van der Waals surface area contributed by atoms with Gasteiger partial charge in [0.1, 0.15) is 11.6 Å². The Morgan fingerprint density at radius 3 is 2.00 bits per heavy atom. The van der Waals surface area contributed by atoms with Crippen LogP contribution in [-0.4, -0.2) is 0 Å². The number of benzene rings is 4. The summed E-state index contributed by atoms with van der Waals surface area (Å²) in [7, 11) is 0. The van der Waals surface area contributed by atoms with Crippen molar-refractivity contribution in [1.29, 1.82) is 0 Å². The van der Waals surface area contributed by atoms with Crippen molar-refractivity contribution in [3.05, 3.63) is 95.0 Å². The summed E-state index contributed by atoms with van der Waals surface area (Å²) in [6, 6.07) is 21.6. The number of rotatable bonds is 2. The molecule has 0 aliphatic heterocycles. The first-order valence-electron chi connectivity index (χ1n) is 8.27.